The van der Waals surface area contributed by atoms with Gasteiger partial charge in [-0.25, -0.2) is 4.39 Å². The predicted octanol–water partition coefficient (Wildman–Crippen LogP) is 4.60. The second kappa shape index (κ2) is 6.06. The number of rotatable bonds is 5. The van der Waals surface area contributed by atoms with Crippen molar-refractivity contribution in [3.63, 3.8) is 0 Å². The maximum Gasteiger partial charge on any atom is 0.125 e. The molecule has 1 heteroatoms. The lowest BCUT2D eigenvalue weighted by atomic mass is 10.0. The van der Waals surface area contributed by atoms with E-state index in [0.717, 1.165) is 18.4 Å². The van der Waals surface area contributed by atoms with Crippen molar-refractivity contribution in [1.29, 1.82) is 0 Å². The number of benzene rings is 1. The Morgan fingerprint density at radius 1 is 1.25 bits per heavy atom. The van der Waals surface area contributed by atoms with Gasteiger partial charge < -0.3 is 0 Å². The monoisotopic (exact) mass is 216 g/mol. The Labute approximate surface area is 96.8 Å². The van der Waals surface area contributed by atoms with Crippen molar-refractivity contribution in [2.45, 2.75) is 19.8 Å². The van der Waals surface area contributed by atoms with Gasteiger partial charge >= 0.3 is 0 Å². The summed E-state index contributed by atoms with van der Waals surface area (Å²) >= 11 is 0. The number of allylic oxidation sites excluding steroid dienone is 4. The van der Waals surface area contributed by atoms with E-state index in [0.29, 0.717) is 5.57 Å². The lowest BCUT2D eigenvalue weighted by molar-refractivity contribution is 0.650. The summed E-state index contributed by atoms with van der Waals surface area (Å²) < 4.78 is 13.2. The zero-order chi connectivity index (χ0) is 12.0. The minimum Gasteiger partial charge on any atom is -0.207 e. The summed E-state index contributed by atoms with van der Waals surface area (Å²) in [6, 6.07) is 10.1. The molecule has 0 spiro atoms. The summed E-state index contributed by atoms with van der Waals surface area (Å²) in [6.07, 6.45) is 3.12. The smallest absolute Gasteiger partial charge is 0.125 e. The van der Waals surface area contributed by atoms with E-state index in [1.54, 1.807) is 6.92 Å². The Morgan fingerprint density at radius 2 is 1.88 bits per heavy atom. The van der Waals surface area contributed by atoms with E-state index in [1.807, 2.05) is 18.2 Å². The van der Waals surface area contributed by atoms with Crippen LogP contribution < -0.4 is 0 Å². The van der Waals surface area contributed by atoms with Crippen LogP contribution in [0.4, 0.5) is 4.39 Å². The van der Waals surface area contributed by atoms with Crippen molar-refractivity contribution >= 4 is 0 Å². The van der Waals surface area contributed by atoms with Crippen LogP contribution in [0.5, 0.6) is 0 Å². The molecule has 1 aromatic rings. The first kappa shape index (κ1) is 12.4. The van der Waals surface area contributed by atoms with Crippen molar-refractivity contribution in [1.82, 2.24) is 0 Å². The van der Waals surface area contributed by atoms with E-state index in [4.69, 9.17) is 0 Å². The SMILES string of the molecule is C=C(/C=C(/F)C(=C)C)CCc1ccccc1. The van der Waals surface area contributed by atoms with Gasteiger partial charge in [-0.2, -0.15) is 0 Å². The van der Waals surface area contributed by atoms with Gasteiger partial charge in [-0.1, -0.05) is 49.1 Å². The average molecular weight is 216 g/mol. The van der Waals surface area contributed by atoms with Gasteiger partial charge in [0.1, 0.15) is 5.83 Å². The minimum atomic E-state index is -0.280. The number of hydrogen-bond donors (Lipinski definition) is 0. The molecule has 0 fully saturated rings. The van der Waals surface area contributed by atoms with Gasteiger partial charge in [0.2, 0.25) is 0 Å². The van der Waals surface area contributed by atoms with Gasteiger partial charge in [0.15, 0.2) is 0 Å². The number of aryl methyl sites for hydroxylation is 1. The Kier molecular flexibility index (Phi) is 4.71. The van der Waals surface area contributed by atoms with Crippen LogP contribution in [-0.4, -0.2) is 0 Å². The summed E-state index contributed by atoms with van der Waals surface area (Å²) in [6.45, 7) is 9.03. The van der Waals surface area contributed by atoms with E-state index >= 15 is 0 Å². The third-order valence-corrected chi connectivity index (χ3v) is 2.32. The molecule has 0 atom stereocenters. The fourth-order valence-electron chi connectivity index (χ4n) is 1.32. The van der Waals surface area contributed by atoms with Crippen LogP contribution in [0.25, 0.3) is 0 Å². The topological polar surface area (TPSA) is 0 Å². The molecule has 0 bridgehead atoms. The highest BCUT2D eigenvalue weighted by Gasteiger charge is 1.98. The van der Waals surface area contributed by atoms with E-state index in [9.17, 15) is 4.39 Å². The molecule has 0 unspecified atom stereocenters. The fourth-order valence-corrected chi connectivity index (χ4v) is 1.32. The second-order valence-electron chi connectivity index (χ2n) is 3.92. The highest BCUT2D eigenvalue weighted by molar-refractivity contribution is 5.29. The molecule has 0 N–H and O–H groups in total. The molecular weight excluding hydrogens is 199 g/mol. The molecule has 0 aromatic heterocycles. The Hall–Kier alpha value is -1.63. The predicted molar refractivity (Wildman–Crippen MR) is 67.9 cm³/mol. The zero-order valence-corrected chi connectivity index (χ0v) is 9.67. The van der Waals surface area contributed by atoms with Gasteiger partial charge in [-0.3, -0.25) is 0 Å². The molecular formula is C15H17F. The lowest BCUT2D eigenvalue weighted by Gasteiger charge is -2.02. The lowest BCUT2D eigenvalue weighted by Crippen LogP contribution is -1.87. The Balaban J connectivity index is 2.48. The molecule has 0 nitrogen and oxygen atoms in total. The zero-order valence-electron chi connectivity index (χ0n) is 9.67. The molecule has 16 heavy (non-hydrogen) atoms. The van der Waals surface area contributed by atoms with Crippen molar-refractivity contribution in [3.05, 3.63) is 72.1 Å². The summed E-state index contributed by atoms with van der Waals surface area (Å²) in [7, 11) is 0. The van der Waals surface area contributed by atoms with Crippen LogP contribution in [0.3, 0.4) is 0 Å². The van der Waals surface area contributed by atoms with Gasteiger partial charge in [-0.15, -0.1) is 0 Å². The highest BCUT2D eigenvalue weighted by Crippen LogP contribution is 2.14. The molecule has 0 aliphatic carbocycles. The van der Waals surface area contributed by atoms with Crippen LogP contribution in [0.2, 0.25) is 0 Å². The van der Waals surface area contributed by atoms with E-state index in [2.05, 4.69) is 25.3 Å². The Morgan fingerprint density at radius 3 is 2.44 bits per heavy atom. The standard InChI is InChI=1S/C15H17F/c1-12(2)15(16)11-13(3)9-10-14-7-5-4-6-8-14/h4-8,11H,1,3,9-10H2,2H3/b15-11+. The first-order valence-corrected chi connectivity index (χ1v) is 5.34. The van der Waals surface area contributed by atoms with Crippen molar-refractivity contribution in [2.75, 3.05) is 0 Å². The molecule has 0 radical (unpaired) electrons. The van der Waals surface area contributed by atoms with Crippen LogP contribution >= 0.6 is 0 Å². The normalized spacial score (nSPS) is 11.2. The summed E-state index contributed by atoms with van der Waals surface area (Å²) in [5.41, 5.74) is 2.48. The van der Waals surface area contributed by atoms with E-state index in [1.165, 1.54) is 11.6 Å². The van der Waals surface area contributed by atoms with Crippen LogP contribution in [0.15, 0.2) is 66.5 Å². The first-order chi connectivity index (χ1) is 7.59. The third-order valence-electron chi connectivity index (χ3n) is 2.32. The molecule has 84 valence electrons. The fraction of sp³-hybridized carbons (Fsp3) is 0.200. The maximum absolute atomic E-state index is 13.2. The average Bonchev–Trinajstić information content (AvgIpc) is 2.27. The van der Waals surface area contributed by atoms with Gasteiger partial charge in [0.25, 0.3) is 0 Å². The molecule has 1 aromatic carbocycles. The minimum absolute atomic E-state index is 0.280. The van der Waals surface area contributed by atoms with Crippen molar-refractivity contribution < 1.29 is 4.39 Å². The number of halogens is 1. The summed E-state index contributed by atoms with van der Waals surface area (Å²) in [5.74, 6) is -0.280. The molecule has 0 saturated heterocycles. The Bertz CT molecular complexity index is 399. The molecule has 0 aliphatic rings. The maximum atomic E-state index is 13.2. The molecule has 1 rings (SSSR count). The van der Waals surface area contributed by atoms with Crippen molar-refractivity contribution in [3.8, 4) is 0 Å². The van der Waals surface area contributed by atoms with Crippen LogP contribution in [0.1, 0.15) is 18.9 Å². The van der Waals surface area contributed by atoms with E-state index in [-0.39, 0.29) is 5.83 Å². The summed E-state index contributed by atoms with van der Waals surface area (Å²) in [4.78, 5) is 0. The quantitative estimate of drug-likeness (QED) is 0.631. The largest absolute Gasteiger partial charge is 0.207 e. The van der Waals surface area contributed by atoms with Crippen LogP contribution in [-0.2, 0) is 6.42 Å². The van der Waals surface area contributed by atoms with Gasteiger partial charge in [0, 0.05) is 0 Å². The van der Waals surface area contributed by atoms with E-state index < -0.39 is 0 Å². The second-order valence-corrected chi connectivity index (χ2v) is 3.92. The van der Waals surface area contributed by atoms with Gasteiger partial charge in [-0.05, 0) is 37.0 Å². The molecule has 0 amide bonds. The molecule has 0 aliphatic heterocycles. The molecule has 0 heterocycles. The van der Waals surface area contributed by atoms with Crippen molar-refractivity contribution in [2.24, 2.45) is 0 Å². The first-order valence-electron chi connectivity index (χ1n) is 5.34. The number of hydrogen-bond acceptors (Lipinski definition) is 0. The van der Waals surface area contributed by atoms with Crippen LogP contribution in [0, 0.1) is 0 Å². The molecule has 0 saturated carbocycles. The third kappa shape index (κ3) is 4.26. The highest BCUT2D eigenvalue weighted by atomic mass is 19.1. The summed E-state index contributed by atoms with van der Waals surface area (Å²) in [5, 5.41) is 0. The van der Waals surface area contributed by atoms with Gasteiger partial charge in [0.05, 0.1) is 0 Å².